The van der Waals surface area contributed by atoms with Gasteiger partial charge in [-0.2, -0.15) is 0 Å². The Morgan fingerprint density at radius 1 is 1.15 bits per heavy atom. The molecule has 3 aliphatic rings. The average Bonchev–Trinajstić information content (AvgIpc) is 3.04. The van der Waals surface area contributed by atoms with Gasteiger partial charge >= 0.3 is 0 Å². The van der Waals surface area contributed by atoms with Crippen LogP contribution in [0.5, 0.6) is 0 Å². The lowest BCUT2D eigenvalue weighted by atomic mass is 10.1. The number of benzene rings is 1. The minimum Gasteiger partial charge on any atom is -0.357 e. The summed E-state index contributed by atoms with van der Waals surface area (Å²) in [6, 6.07) is 11.0. The van der Waals surface area contributed by atoms with Crippen molar-refractivity contribution in [3.63, 3.8) is 0 Å². The fraction of sp³-hybridized carbons (Fsp3) is 0.682. The van der Waals surface area contributed by atoms with E-state index in [1.165, 1.54) is 57.4 Å². The van der Waals surface area contributed by atoms with Crippen LogP contribution in [-0.2, 0) is 0 Å². The van der Waals surface area contributed by atoms with Crippen LogP contribution in [0.2, 0.25) is 0 Å². The summed E-state index contributed by atoms with van der Waals surface area (Å²) >= 11 is 0. The van der Waals surface area contributed by atoms with E-state index in [1.54, 1.807) is 0 Å². The Labute approximate surface area is 181 Å². The molecular weight excluding hydrogens is 447 g/mol. The van der Waals surface area contributed by atoms with E-state index >= 15 is 0 Å². The third-order valence-corrected chi connectivity index (χ3v) is 6.26. The van der Waals surface area contributed by atoms with Crippen molar-refractivity contribution >= 4 is 29.9 Å². The molecule has 0 aromatic heterocycles. The molecule has 1 saturated carbocycles. The number of halogens is 1. The lowest BCUT2D eigenvalue weighted by molar-refractivity contribution is 0.281. The molecule has 1 aromatic rings. The highest BCUT2D eigenvalue weighted by Crippen LogP contribution is 2.47. The summed E-state index contributed by atoms with van der Waals surface area (Å²) in [7, 11) is 0. The molecule has 1 N–H and O–H groups in total. The highest BCUT2D eigenvalue weighted by molar-refractivity contribution is 14.0. The van der Waals surface area contributed by atoms with Crippen molar-refractivity contribution in [2.24, 2.45) is 16.8 Å². The molecule has 2 saturated heterocycles. The molecule has 0 spiro atoms. The van der Waals surface area contributed by atoms with E-state index in [2.05, 4.69) is 52.4 Å². The van der Waals surface area contributed by atoms with Crippen LogP contribution in [0.4, 0.5) is 0 Å². The summed E-state index contributed by atoms with van der Waals surface area (Å²) in [6.07, 6.45) is 5.40. The predicted octanol–water partition coefficient (Wildman–Crippen LogP) is 3.79. The number of nitrogens with one attached hydrogen (secondary N) is 1. The molecule has 2 heterocycles. The number of hydrogen-bond acceptors (Lipinski definition) is 2. The summed E-state index contributed by atoms with van der Waals surface area (Å²) in [5.41, 5.74) is 1.49. The molecule has 5 heteroatoms. The van der Waals surface area contributed by atoms with Gasteiger partial charge < -0.3 is 15.1 Å². The minimum absolute atomic E-state index is 0. The first-order chi connectivity index (χ1) is 12.8. The summed E-state index contributed by atoms with van der Waals surface area (Å²) in [4.78, 5) is 10.2. The van der Waals surface area contributed by atoms with E-state index in [0.717, 1.165) is 43.3 Å². The van der Waals surface area contributed by atoms with Gasteiger partial charge in [0, 0.05) is 32.7 Å². The molecular formula is C22H35IN4. The molecule has 27 heavy (non-hydrogen) atoms. The molecule has 3 atom stereocenters. The monoisotopic (exact) mass is 482 g/mol. The highest BCUT2D eigenvalue weighted by Gasteiger charge is 2.38. The van der Waals surface area contributed by atoms with E-state index in [0.29, 0.717) is 0 Å². The zero-order chi connectivity index (χ0) is 17.8. The van der Waals surface area contributed by atoms with Gasteiger partial charge in [0.25, 0.3) is 0 Å². The Hall–Kier alpha value is -0.820. The first-order valence-corrected chi connectivity index (χ1v) is 10.6. The van der Waals surface area contributed by atoms with Crippen molar-refractivity contribution in [3.05, 3.63) is 35.9 Å². The van der Waals surface area contributed by atoms with Crippen molar-refractivity contribution in [2.45, 2.75) is 38.5 Å². The molecule has 3 unspecified atom stereocenters. The van der Waals surface area contributed by atoms with Crippen molar-refractivity contribution in [2.75, 3.05) is 45.8 Å². The van der Waals surface area contributed by atoms with Crippen LogP contribution in [0.1, 0.15) is 44.1 Å². The summed E-state index contributed by atoms with van der Waals surface area (Å²) < 4.78 is 0. The third kappa shape index (κ3) is 5.59. The zero-order valence-corrected chi connectivity index (χ0v) is 19.0. The minimum atomic E-state index is 0. The van der Waals surface area contributed by atoms with Crippen molar-refractivity contribution in [3.8, 4) is 0 Å². The van der Waals surface area contributed by atoms with Crippen LogP contribution in [0.25, 0.3) is 0 Å². The largest absolute Gasteiger partial charge is 0.357 e. The maximum Gasteiger partial charge on any atom is 0.193 e. The van der Waals surface area contributed by atoms with Gasteiger partial charge in [-0.3, -0.25) is 4.99 Å². The van der Waals surface area contributed by atoms with Gasteiger partial charge in [0.15, 0.2) is 5.96 Å². The van der Waals surface area contributed by atoms with Crippen LogP contribution in [0.15, 0.2) is 35.3 Å². The van der Waals surface area contributed by atoms with Crippen LogP contribution in [-0.4, -0.2) is 61.6 Å². The van der Waals surface area contributed by atoms with Gasteiger partial charge in [0.05, 0.1) is 0 Å². The number of guanidine groups is 1. The summed E-state index contributed by atoms with van der Waals surface area (Å²) in [5.74, 6) is 3.42. The van der Waals surface area contributed by atoms with Gasteiger partial charge in [-0.15, -0.1) is 24.0 Å². The standard InChI is InChI=1S/C22H34N4.HI/c1-2-23-22(24-15-20-14-21(20)19-8-4-3-5-9-19)26-13-10-18(17-26)16-25-11-6-7-12-25;/h3-5,8-9,18,20-21H,2,6-7,10-17H2,1H3,(H,23,24);1H. The second kappa shape index (κ2) is 10.1. The van der Waals surface area contributed by atoms with Crippen LogP contribution >= 0.6 is 24.0 Å². The Bertz CT molecular complexity index is 600. The van der Waals surface area contributed by atoms with Crippen molar-refractivity contribution < 1.29 is 0 Å². The second-order valence-electron chi connectivity index (χ2n) is 8.32. The maximum atomic E-state index is 5.02. The Morgan fingerprint density at radius 3 is 2.67 bits per heavy atom. The topological polar surface area (TPSA) is 30.9 Å². The molecule has 0 bridgehead atoms. The summed E-state index contributed by atoms with van der Waals surface area (Å²) in [6.45, 7) is 10.4. The number of hydrogen-bond donors (Lipinski definition) is 1. The fourth-order valence-corrected chi connectivity index (χ4v) is 4.69. The number of likely N-dealkylation sites (tertiary alicyclic amines) is 2. The third-order valence-electron chi connectivity index (χ3n) is 6.26. The number of rotatable bonds is 6. The number of nitrogens with zero attached hydrogens (tertiary/aromatic N) is 3. The Balaban J connectivity index is 0.00000210. The zero-order valence-electron chi connectivity index (χ0n) is 16.6. The average molecular weight is 482 g/mol. The molecule has 150 valence electrons. The quantitative estimate of drug-likeness (QED) is 0.380. The number of aliphatic imine (C=N–C) groups is 1. The first kappa shape index (κ1) is 20.9. The predicted molar refractivity (Wildman–Crippen MR) is 124 cm³/mol. The van der Waals surface area contributed by atoms with E-state index in [4.69, 9.17) is 4.99 Å². The molecule has 2 aliphatic heterocycles. The maximum absolute atomic E-state index is 5.02. The molecule has 0 amide bonds. The smallest absolute Gasteiger partial charge is 0.193 e. The van der Waals surface area contributed by atoms with Crippen LogP contribution in [0.3, 0.4) is 0 Å². The Morgan fingerprint density at radius 2 is 1.93 bits per heavy atom. The van der Waals surface area contributed by atoms with E-state index in [-0.39, 0.29) is 24.0 Å². The molecule has 4 rings (SSSR count). The van der Waals surface area contributed by atoms with Crippen molar-refractivity contribution in [1.82, 2.24) is 15.1 Å². The van der Waals surface area contributed by atoms with Gasteiger partial charge in [0.2, 0.25) is 0 Å². The molecule has 4 nitrogen and oxygen atoms in total. The highest BCUT2D eigenvalue weighted by atomic mass is 127. The van der Waals surface area contributed by atoms with Gasteiger partial charge in [-0.1, -0.05) is 30.3 Å². The second-order valence-corrected chi connectivity index (χ2v) is 8.32. The lowest BCUT2D eigenvalue weighted by Crippen LogP contribution is -2.41. The van der Waals surface area contributed by atoms with Gasteiger partial charge in [-0.25, -0.2) is 0 Å². The van der Waals surface area contributed by atoms with E-state index in [1.807, 2.05) is 0 Å². The van der Waals surface area contributed by atoms with Crippen LogP contribution < -0.4 is 5.32 Å². The lowest BCUT2D eigenvalue weighted by Gasteiger charge is -2.23. The van der Waals surface area contributed by atoms with Crippen LogP contribution in [0, 0.1) is 11.8 Å². The molecule has 0 radical (unpaired) electrons. The van der Waals surface area contributed by atoms with Gasteiger partial charge in [0.1, 0.15) is 0 Å². The molecule has 1 aromatic carbocycles. The molecule has 3 fully saturated rings. The Kier molecular flexibility index (Phi) is 7.82. The molecule has 1 aliphatic carbocycles. The van der Waals surface area contributed by atoms with Crippen molar-refractivity contribution in [1.29, 1.82) is 0 Å². The van der Waals surface area contributed by atoms with E-state index in [9.17, 15) is 0 Å². The first-order valence-electron chi connectivity index (χ1n) is 10.6. The SMILES string of the molecule is CCNC(=NCC1CC1c1ccccc1)N1CCC(CN2CCCC2)C1.I. The summed E-state index contributed by atoms with van der Waals surface area (Å²) in [5, 5.41) is 3.54. The normalized spacial score (nSPS) is 28.3. The van der Waals surface area contributed by atoms with E-state index < -0.39 is 0 Å². The van der Waals surface area contributed by atoms with Gasteiger partial charge in [-0.05, 0) is 69.0 Å². The fourth-order valence-electron chi connectivity index (χ4n) is 4.69.